The van der Waals surface area contributed by atoms with Crippen molar-refractivity contribution in [3.05, 3.63) is 23.8 Å². The number of hydrogen-bond acceptors (Lipinski definition) is 4. The maximum atomic E-state index is 11.8. The normalized spacial score (nSPS) is 17.8. The molecule has 0 saturated heterocycles. The number of carbonyl (C=O) groups excluding carboxylic acids is 2. The van der Waals surface area contributed by atoms with Crippen molar-refractivity contribution in [2.24, 2.45) is 0 Å². The molecule has 18 heavy (non-hydrogen) atoms. The van der Waals surface area contributed by atoms with Crippen LogP contribution in [0.3, 0.4) is 0 Å². The van der Waals surface area contributed by atoms with Crippen molar-refractivity contribution in [3.63, 3.8) is 0 Å². The van der Waals surface area contributed by atoms with E-state index in [0.29, 0.717) is 17.0 Å². The topological polar surface area (TPSA) is 70.7 Å². The number of nitrogens with one attached hydrogen (secondary N) is 2. The van der Waals surface area contributed by atoms with Gasteiger partial charge in [0.05, 0.1) is 5.69 Å². The van der Waals surface area contributed by atoms with Crippen LogP contribution in [0.2, 0.25) is 0 Å². The molecule has 1 aliphatic rings. The fourth-order valence-electron chi connectivity index (χ4n) is 1.62. The largest absolute Gasteiger partial charge is 0.479 e. The molecule has 0 fully saturated rings. The second-order valence-corrected chi connectivity index (χ2v) is 4.30. The number of carbonyl (C=O) groups is 2. The molecule has 2 amide bonds. The van der Waals surface area contributed by atoms with E-state index < -0.39 is 6.10 Å². The number of fused-ring (bicyclic) bond motifs is 1. The standard InChI is InChI=1S/C12H15N3O3/c1-7-11(16)13-9-6-8(4-5-10(9)18-7)12(17)14-15(2)3/h4-7H,1-3H3,(H,13,16)(H,14,17). The van der Waals surface area contributed by atoms with Gasteiger partial charge in [-0.25, -0.2) is 5.01 Å². The van der Waals surface area contributed by atoms with Gasteiger partial charge >= 0.3 is 0 Å². The second kappa shape index (κ2) is 4.66. The van der Waals surface area contributed by atoms with E-state index >= 15 is 0 Å². The van der Waals surface area contributed by atoms with Crippen LogP contribution in [0.1, 0.15) is 17.3 Å². The molecule has 6 nitrogen and oxygen atoms in total. The molecule has 0 spiro atoms. The van der Waals surface area contributed by atoms with Crippen LogP contribution in [0.15, 0.2) is 18.2 Å². The van der Waals surface area contributed by atoms with Crippen LogP contribution in [-0.2, 0) is 4.79 Å². The first-order valence-corrected chi connectivity index (χ1v) is 5.57. The molecular formula is C12H15N3O3. The quantitative estimate of drug-likeness (QED) is 0.753. The smallest absolute Gasteiger partial charge is 0.265 e. The minimum atomic E-state index is -0.515. The van der Waals surface area contributed by atoms with Crippen molar-refractivity contribution < 1.29 is 14.3 Å². The molecule has 0 aromatic heterocycles. The van der Waals surface area contributed by atoms with Crippen molar-refractivity contribution in [1.29, 1.82) is 0 Å². The molecule has 2 rings (SSSR count). The third kappa shape index (κ3) is 2.43. The molecule has 1 unspecified atom stereocenters. The van der Waals surface area contributed by atoms with Gasteiger partial charge in [-0.15, -0.1) is 0 Å². The highest BCUT2D eigenvalue weighted by atomic mass is 16.5. The van der Waals surface area contributed by atoms with E-state index in [0.717, 1.165) is 0 Å². The van der Waals surface area contributed by atoms with Crippen LogP contribution in [-0.4, -0.2) is 37.0 Å². The highest BCUT2D eigenvalue weighted by molar-refractivity contribution is 6.00. The van der Waals surface area contributed by atoms with E-state index in [-0.39, 0.29) is 11.8 Å². The summed E-state index contributed by atoms with van der Waals surface area (Å²) in [5.74, 6) is 0.117. The summed E-state index contributed by atoms with van der Waals surface area (Å²) < 4.78 is 5.41. The molecule has 1 heterocycles. The van der Waals surface area contributed by atoms with Gasteiger partial charge in [-0.2, -0.15) is 0 Å². The van der Waals surface area contributed by atoms with Gasteiger partial charge < -0.3 is 10.1 Å². The number of hydrogen-bond donors (Lipinski definition) is 2. The molecule has 1 atom stereocenters. The minimum absolute atomic E-state index is 0.215. The van der Waals surface area contributed by atoms with Gasteiger partial charge in [-0.05, 0) is 25.1 Å². The number of anilines is 1. The fraction of sp³-hybridized carbons (Fsp3) is 0.333. The summed E-state index contributed by atoms with van der Waals surface area (Å²) in [7, 11) is 3.45. The lowest BCUT2D eigenvalue weighted by molar-refractivity contribution is -0.122. The summed E-state index contributed by atoms with van der Waals surface area (Å²) in [5, 5.41) is 4.26. The fourth-order valence-corrected chi connectivity index (χ4v) is 1.62. The van der Waals surface area contributed by atoms with Crippen molar-refractivity contribution in [2.45, 2.75) is 13.0 Å². The summed E-state index contributed by atoms with van der Waals surface area (Å²) >= 11 is 0. The third-order valence-corrected chi connectivity index (χ3v) is 2.50. The first-order valence-electron chi connectivity index (χ1n) is 5.57. The van der Waals surface area contributed by atoms with Gasteiger partial charge in [0.2, 0.25) is 0 Å². The Morgan fingerprint density at radius 1 is 1.44 bits per heavy atom. The summed E-state index contributed by atoms with van der Waals surface area (Å²) in [6.07, 6.45) is -0.515. The van der Waals surface area contributed by atoms with E-state index in [1.165, 1.54) is 0 Å². The number of nitrogens with zero attached hydrogens (tertiary/aromatic N) is 1. The van der Waals surface area contributed by atoms with Crippen LogP contribution in [0.5, 0.6) is 5.75 Å². The molecule has 0 saturated carbocycles. The lowest BCUT2D eigenvalue weighted by Crippen LogP contribution is -2.37. The Bertz CT molecular complexity index is 499. The van der Waals surface area contributed by atoms with Crippen LogP contribution in [0.25, 0.3) is 0 Å². The number of ether oxygens (including phenoxy) is 1. The van der Waals surface area contributed by atoms with Crippen LogP contribution in [0.4, 0.5) is 5.69 Å². The third-order valence-electron chi connectivity index (χ3n) is 2.50. The zero-order chi connectivity index (χ0) is 13.3. The SMILES string of the molecule is CC1Oc2ccc(C(=O)NN(C)C)cc2NC1=O. The average molecular weight is 249 g/mol. The molecule has 6 heteroatoms. The number of hydrazine groups is 1. The van der Waals surface area contributed by atoms with Gasteiger partial charge in [0.25, 0.3) is 11.8 Å². The molecular weight excluding hydrogens is 234 g/mol. The van der Waals surface area contributed by atoms with Gasteiger partial charge in [0.1, 0.15) is 5.75 Å². The molecule has 1 aromatic rings. The molecule has 0 aliphatic carbocycles. The predicted octanol–water partition coefficient (Wildman–Crippen LogP) is 0.612. The van der Waals surface area contributed by atoms with Crippen LogP contribution < -0.4 is 15.5 Å². The summed E-state index contributed by atoms with van der Waals surface area (Å²) in [4.78, 5) is 23.3. The molecule has 0 radical (unpaired) electrons. The predicted molar refractivity (Wildman–Crippen MR) is 66.3 cm³/mol. The van der Waals surface area contributed by atoms with Crippen molar-refractivity contribution in [3.8, 4) is 5.75 Å². The van der Waals surface area contributed by atoms with Crippen LogP contribution in [0, 0.1) is 0 Å². The Labute approximate surface area is 105 Å². The highest BCUT2D eigenvalue weighted by Gasteiger charge is 2.24. The van der Waals surface area contributed by atoms with Gasteiger partial charge in [-0.3, -0.25) is 15.0 Å². The lowest BCUT2D eigenvalue weighted by atomic mass is 10.1. The van der Waals surface area contributed by atoms with E-state index in [2.05, 4.69) is 10.7 Å². The van der Waals surface area contributed by atoms with Gasteiger partial charge in [0.15, 0.2) is 6.10 Å². The maximum Gasteiger partial charge on any atom is 0.265 e. The van der Waals surface area contributed by atoms with E-state index in [9.17, 15) is 9.59 Å². The summed E-state index contributed by atoms with van der Waals surface area (Å²) in [6.45, 7) is 1.67. The number of benzene rings is 1. The van der Waals surface area contributed by atoms with Crippen molar-refractivity contribution in [1.82, 2.24) is 10.4 Å². The second-order valence-electron chi connectivity index (χ2n) is 4.30. The summed E-state index contributed by atoms with van der Waals surface area (Å²) in [6, 6.07) is 4.93. The first kappa shape index (κ1) is 12.4. The zero-order valence-corrected chi connectivity index (χ0v) is 10.5. The highest BCUT2D eigenvalue weighted by Crippen LogP contribution is 2.30. The number of amides is 2. The van der Waals surface area contributed by atoms with E-state index in [4.69, 9.17) is 4.74 Å². The van der Waals surface area contributed by atoms with Crippen molar-refractivity contribution in [2.75, 3.05) is 19.4 Å². The maximum absolute atomic E-state index is 11.8. The minimum Gasteiger partial charge on any atom is -0.479 e. The Morgan fingerprint density at radius 2 is 2.17 bits per heavy atom. The monoisotopic (exact) mass is 249 g/mol. The molecule has 1 aromatic carbocycles. The Hall–Kier alpha value is -2.08. The van der Waals surface area contributed by atoms with Crippen molar-refractivity contribution >= 4 is 17.5 Å². The molecule has 1 aliphatic heterocycles. The Kier molecular flexibility index (Phi) is 3.20. The van der Waals surface area contributed by atoms with Gasteiger partial charge in [0, 0.05) is 19.7 Å². The lowest BCUT2D eigenvalue weighted by Gasteiger charge is -2.23. The van der Waals surface area contributed by atoms with Gasteiger partial charge in [-0.1, -0.05) is 0 Å². The molecule has 96 valence electrons. The summed E-state index contributed by atoms with van der Waals surface area (Å²) in [5.41, 5.74) is 3.60. The Balaban J connectivity index is 2.25. The van der Waals surface area contributed by atoms with Crippen LogP contribution >= 0.6 is 0 Å². The molecule has 2 N–H and O–H groups in total. The van der Waals surface area contributed by atoms with E-state index in [1.807, 2.05) is 0 Å². The average Bonchev–Trinajstić information content (AvgIpc) is 2.29. The number of rotatable bonds is 2. The zero-order valence-electron chi connectivity index (χ0n) is 10.5. The Morgan fingerprint density at radius 3 is 2.83 bits per heavy atom. The van der Waals surface area contributed by atoms with E-state index in [1.54, 1.807) is 44.2 Å². The first-order chi connectivity index (χ1) is 8.47. The molecule has 0 bridgehead atoms.